The number of aromatic nitrogens is 5. The Labute approximate surface area is 191 Å². The minimum absolute atomic E-state index is 0.113. The van der Waals surface area contributed by atoms with Crippen molar-refractivity contribution in [3.63, 3.8) is 0 Å². The number of nitrogens with one attached hydrogen (secondary N) is 1. The molecule has 1 aliphatic rings. The molecule has 170 valence electrons. The van der Waals surface area contributed by atoms with Crippen LogP contribution in [0.1, 0.15) is 24.4 Å². The van der Waals surface area contributed by atoms with E-state index in [0.29, 0.717) is 24.5 Å². The van der Waals surface area contributed by atoms with Crippen molar-refractivity contribution >= 4 is 22.6 Å². The number of rotatable bonds is 4. The summed E-state index contributed by atoms with van der Waals surface area (Å²) in [7, 11) is 3.54. The Balaban J connectivity index is 1.28. The zero-order valence-electron chi connectivity index (χ0n) is 19.0. The number of likely N-dealkylation sites (tertiary alicyclic amines) is 1. The van der Waals surface area contributed by atoms with Gasteiger partial charge < -0.3 is 15.0 Å². The van der Waals surface area contributed by atoms with Crippen LogP contribution in [0, 0.1) is 6.92 Å². The fourth-order valence-corrected chi connectivity index (χ4v) is 4.47. The topological polar surface area (TPSA) is 90.1 Å². The number of benzene rings is 2. The maximum Gasteiger partial charge on any atom is 0.321 e. The number of fused-ring (bicyclic) bond motifs is 1. The lowest BCUT2D eigenvalue weighted by atomic mass is 10.0. The third-order valence-corrected chi connectivity index (χ3v) is 6.31. The number of nitrogens with zero attached hydrogens (tertiary/aromatic N) is 6. The molecule has 0 aliphatic carbocycles. The van der Waals surface area contributed by atoms with Gasteiger partial charge in [0, 0.05) is 31.1 Å². The van der Waals surface area contributed by atoms with Crippen LogP contribution in [0.3, 0.4) is 0 Å². The molecule has 0 radical (unpaired) electrons. The average molecular weight is 446 g/mol. The molecule has 0 spiro atoms. The predicted octanol–water partition coefficient (Wildman–Crippen LogP) is 4.02. The van der Waals surface area contributed by atoms with Gasteiger partial charge in [0.25, 0.3) is 0 Å². The second-order valence-electron chi connectivity index (χ2n) is 8.46. The molecule has 2 amide bonds. The molecule has 5 rings (SSSR count). The number of piperidine rings is 1. The average Bonchev–Trinajstić information content (AvgIpc) is 3.46. The quantitative estimate of drug-likeness (QED) is 0.512. The van der Waals surface area contributed by atoms with E-state index in [9.17, 15) is 4.79 Å². The van der Waals surface area contributed by atoms with Gasteiger partial charge in [-0.05, 0) is 49.6 Å². The summed E-state index contributed by atoms with van der Waals surface area (Å²) in [5, 5.41) is 17.0. The zero-order valence-corrected chi connectivity index (χ0v) is 19.0. The molecule has 33 heavy (non-hydrogen) atoms. The summed E-state index contributed by atoms with van der Waals surface area (Å²) in [6, 6.07) is 12.1. The number of anilines is 1. The molecule has 3 heterocycles. The van der Waals surface area contributed by atoms with Crippen LogP contribution < -0.4 is 10.1 Å². The first kappa shape index (κ1) is 21.0. The van der Waals surface area contributed by atoms with Crippen molar-refractivity contribution in [3.05, 3.63) is 54.4 Å². The Morgan fingerprint density at radius 2 is 1.94 bits per heavy atom. The SMILES string of the molecule is COc1ccc(C)cc1NC(=O)N1CCC(n2nncc2-c2ccc3c(cnn3C)c2)CC1. The molecule has 0 atom stereocenters. The van der Waals surface area contributed by atoms with Gasteiger partial charge in [-0.3, -0.25) is 4.68 Å². The molecule has 4 aromatic rings. The second-order valence-corrected chi connectivity index (χ2v) is 8.46. The molecular formula is C24H27N7O2. The van der Waals surface area contributed by atoms with Gasteiger partial charge in [0.1, 0.15) is 5.75 Å². The monoisotopic (exact) mass is 445 g/mol. The number of ether oxygens (including phenoxy) is 1. The molecule has 0 saturated carbocycles. The van der Waals surface area contributed by atoms with E-state index in [0.717, 1.165) is 40.6 Å². The van der Waals surface area contributed by atoms with Gasteiger partial charge in [-0.2, -0.15) is 5.10 Å². The number of amides is 2. The fourth-order valence-electron chi connectivity index (χ4n) is 4.47. The van der Waals surface area contributed by atoms with Crippen LogP contribution in [0.15, 0.2) is 48.8 Å². The first-order valence-electron chi connectivity index (χ1n) is 11.1. The minimum Gasteiger partial charge on any atom is -0.495 e. The predicted molar refractivity (Wildman–Crippen MR) is 126 cm³/mol. The van der Waals surface area contributed by atoms with Gasteiger partial charge in [0.15, 0.2) is 0 Å². The molecule has 1 N–H and O–H groups in total. The zero-order chi connectivity index (χ0) is 22.9. The summed E-state index contributed by atoms with van der Waals surface area (Å²) in [5.41, 5.74) is 4.88. The van der Waals surface area contributed by atoms with E-state index in [1.54, 1.807) is 13.3 Å². The Bertz CT molecular complexity index is 1300. The summed E-state index contributed by atoms with van der Waals surface area (Å²) >= 11 is 0. The molecule has 1 fully saturated rings. The third-order valence-electron chi connectivity index (χ3n) is 6.31. The highest BCUT2D eigenvalue weighted by molar-refractivity contribution is 5.91. The fraction of sp³-hybridized carbons (Fsp3) is 0.333. The Hall–Kier alpha value is -3.88. The number of carbonyl (C=O) groups is 1. The number of hydrogen-bond acceptors (Lipinski definition) is 5. The van der Waals surface area contributed by atoms with Crippen molar-refractivity contribution in [2.24, 2.45) is 7.05 Å². The first-order chi connectivity index (χ1) is 16.0. The van der Waals surface area contributed by atoms with Crippen LogP contribution >= 0.6 is 0 Å². The van der Waals surface area contributed by atoms with Crippen LogP contribution in [0.5, 0.6) is 5.75 Å². The number of aryl methyl sites for hydroxylation is 2. The first-order valence-corrected chi connectivity index (χ1v) is 11.1. The van der Waals surface area contributed by atoms with Gasteiger partial charge in [-0.1, -0.05) is 17.3 Å². The lowest BCUT2D eigenvalue weighted by Crippen LogP contribution is -2.41. The van der Waals surface area contributed by atoms with E-state index in [1.165, 1.54) is 0 Å². The Kier molecular flexibility index (Phi) is 5.45. The van der Waals surface area contributed by atoms with Gasteiger partial charge in [0.05, 0.1) is 42.4 Å². The van der Waals surface area contributed by atoms with Crippen LogP contribution in [-0.2, 0) is 7.05 Å². The molecule has 0 bridgehead atoms. The van der Waals surface area contributed by atoms with E-state index in [1.807, 2.05) is 52.6 Å². The molecular weight excluding hydrogens is 418 g/mol. The van der Waals surface area contributed by atoms with Gasteiger partial charge >= 0.3 is 6.03 Å². The summed E-state index contributed by atoms with van der Waals surface area (Å²) in [5.74, 6) is 0.654. The molecule has 1 saturated heterocycles. The van der Waals surface area contributed by atoms with Crippen molar-refractivity contribution in [1.82, 2.24) is 29.7 Å². The number of urea groups is 1. The highest BCUT2D eigenvalue weighted by atomic mass is 16.5. The van der Waals surface area contributed by atoms with Crippen LogP contribution in [0.2, 0.25) is 0 Å². The minimum atomic E-state index is -0.113. The van der Waals surface area contributed by atoms with Gasteiger partial charge in [-0.25, -0.2) is 9.48 Å². The molecule has 9 heteroatoms. The summed E-state index contributed by atoms with van der Waals surface area (Å²) in [4.78, 5) is 14.7. The standard InChI is InChI=1S/C24H27N7O2/c1-16-4-7-23(33-3)20(12-16)27-24(32)30-10-8-19(9-11-30)31-22(15-25-28-31)17-5-6-21-18(13-17)14-26-29(21)2/h4-7,12-15,19H,8-11H2,1-3H3,(H,27,32). The van der Waals surface area contributed by atoms with Crippen LogP contribution in [0.4, 0.5) is 10.5 Å². The Morgan fingerprint density at radius 1 is 1.12 bits per heavy atom. The number of methoxy groups -OCH3 is 1. The molecule has 2 aromatic heterocycles. The van der Waals surface area contributed by atoms with Crippen molar-refractivity contribution in [3.8, 4) is 17.0 Å². The van der Waals surface area contributed by atoms with E-state index in [-0.39, 0.29) is 12.1 Å². The Morgan fingerprint density at radius 3 is 2.73 bits per heavy atom. The molecule has 2 aromatic carbocycles. The van der Waals surface area contributed by atoms with Crippen LogP contribution in [0.25, 0.3) is 22.2 Å². The molecule has 0 unspecified atom stereocenters. The van der Waals surface area contributed by atoms with E-state index < -0.39 is 0 Å². The maximum atomic E-state index is 12.9. The van der Waals surface area contributed by atoms with E-state index in [2.05, 4.69) is 38.9 Å². The third kappa shape index (κ3) is 4.02. The lowest BCUT2D eigenvalue weighted by molar-refractivity contribution is 0.180. The second kappa shape index (κ2) is 8.57. The van der Waals surface area contributed by atoms with Crippen LogP contribution in [-0.4, -0.2) is 55.9 Å². The smallest absolute Gasteiger partial charge is 0.321 e. The number of hydrogen-bond donors (Lipinski definition) is 1. The van der Waals surface area contributed by atoms with Gasteiger partial charge in [0.2, 0.25) is 0 Å². The molecule has 1 aliphatic heterocycles. The summed E-state index contributed by atoms with van der Waals surface area (Å²) < 4.78 is 9.24. The number of carbonyl (C=O) groups excluding carboxylic acids is 1. The van der Waals surface area contributed by atoms with E-state index >= 15 is 0 Å². The van der Waals surface area contributed by atoms with E-state index in [4.69, 9.17) is 4.74 Å². The normalized spacial score (nSPS) is 14.6. The summed E-state index contributed by atoms with van der Waals surface area (Å²) in [6.07, 6.45) is 5.29. The van der Waals surface area contributed by atoms with Crippen molar-refractivity contribution in [1.29, 1.82) is 0 Å². The maximum absolute atomic E-state index is 12.9. The summed E-state index contributed by atoms with van der Waals surface area (Å²) in [6.45, 7) is 3.28. The lowest BCUT2D eigenvalue weighted by Gasteiger charge is -2.32. The van der Waals surface area contributed by atoms with Crippen molar-refractivity contribution in [2.75, 3.05) is 25.5 Å². The highest BCUT2D eigenvalue weighted by Crippen LogP contribution is 2.30. The highest BCUT2D eigenvalue weighted by Gasteiger charge is 2.26. The largest absolute Gasteiger partial charge is 0.495 e. The van der Waals surface area contributed by atoms with Crippen molar-refractivity contribution < 1.29 is 9.53 Å². The molecule has 9 nitrogen and oxygen atoms in total. The van der Waals surface area contributed by atoms with Crippen molar-refractivity contribution in [2.45, 2.75) is 25.8 Å². The van der Waals surface area contributed by atoms with Gasteiger partial charge in [-0.15, -0.1) is 5.10 Å².